The van der Waals surface area contributed by atoms with Crippen LogP contribution in [0.4, 0.5) is 0 Å². The molecule has 10 atom stereocenters. The molecule has 8 rings (SSSR count). The fourth-order valence-corrected chi connectivity index (χ4v) is 11.9. The van der Waals surface area contributed by atoms with Gasteiger partial charge in [-0.3, -0.25) is 9.68 Å². The van der Waals surface area contributed by atoms with Crippen molar-refractivity contribution in [3.8, 4) is 11.5 Å². The number of benzene rings is 2. The maximum absolute atomic E-state index is 10.9. The number of hydrogen-bond acceptors (Lipinski definition) is 12. The summed E-state index contributed by atoms with van der Waals surface area (Å²) in [5.74, 6) is 3.20. The second-order valence-electron chi connectivity index (χ2n) is 16.1. The summed E-state index contributed by atoms with van der Waals surface area (Å²) >= 11 is 0. The maximum atomic E-state index is 10.9. The Bertz CT molecular complexity index is 1630. The average molecular weight is 725 g/mol. The van der Waals surface area contributed by atoms with Gasteiger partial charge in [0.15, 0.2) is 0 Å². The average Bonchev–Trinajstić information content (AvgIpc) is 3.59. The molecule has 10 unspecified atom stereocenters. The van der Waals surface area contributed by atoms with Gasteiger partial charge in [-0.2, -0.15) is 0 Å². The molecule has 0 radical (unpaired) electrons. The third-order valence-electron chi connectivity index (χ3n) is 14.0. The summed E-state index contributed by atoms with van der Waals surface area (Å²) in [4.78, 5) is 62.1. The van der Waals surface area contributed by atoms with E-state index in [1.807, 2.05) is 12.1 Å². The molecule has 0 amide bonds. The van der Waals surface area contributed by atoms with Crippen LogP contribution < -0.4 is 9.68 Å². The lowest BCUT2D eigenvalue weighted by molar-refractivity contribution is -0.772. The van der Waals surface area contributed by atoms with Crippen LogP contribution >= 0.6 is 0 Å². The second-order valence-corrected chi connectivity index (χ2v) is 16.1. The zero-order chi connectivity index (χ0) is 36.9. The standard InChI is InChI=1S/2C18H22N2O6/c2*1-18-9-8-14-13-5-3-12(25-19(21)22)10-11(13)2-4-15(14)16(18)6-7-17(18)26-20(23)24/h2*3,5,10,14-17H,2,4,6-9H2,1H3. The van der Waals surface area contributed by atoms with Crippen LogP contribution in [0.1, 0.15) is 112 Å². The molecule has 16 nitrogen and oxygen atoms in total. The number of hydrogen-bond donors (Lipinski definition) is 0. The van der Waals surface area contributed by atoms with Crippen molar-refractivity contribution in [1.29, 1.82) is 0 Å². The molecule has 0 saturated heterocycles. The van der Waals surface area contributed by atoms with Crippen molar-refractivity contribution in [2.45, 2.75) is 115 Å². The van der Waals surface area contributed by atoms with E-state index in [-0.39, 0.29) is 34.5 Å². The summed E-state index contributed by atoms with van der Waals surface area (Å²) in [6, 6.07) is 10.8. The zero-order valence-electron chi connectivity index (χ0n) is 29.3. The first-order valence-electron chi connectivity index (χ1n) is 18.3. The van der Waals surface area contributed by atoms with Crippen LogP contribution in [0, 0.1) is 75.0 Å². The second kappa shape index (κ2) is 13.7. The van der Waals surface area contributed by atoms with E-state index in [0.29, 0.717) is 35.5 Å². The van der Waals surface area contributed by atoms with Crippen LogP contribution in [-0.2, 0) is 22.5 Å². The molecule has 0 aromatic heterocycles. The van der Waals surface area contributed by atoms with Gasteiger partial charge < -0.3 is 9.68 Å². The van der Waals surface area contributed by atoms with Crippen LogP contribution in [0.3, 0.4) is 0 Å². The lowest BCUT2D eigenvalue weighted by Crippen LogP contribution is -2.45. The van der Waals surface area contributed by atoms with Crippen molar-refractivity contribution in [3.63, 3.8) is 0 Å². The molecule has 6 aliphatic carbocycles. The van der Waals surface area contributed by atoms with Gasteiger partial charge in [-0.25, -0.2) is 0 Å². The Morgan fingerprint density at radius 3 is 1.33 bits per heavy atom. The summed E-state index contributed by atoms with van der Waals surface area (Å²) < 4.78 is 0. The molecule has 0 heterocycles. The lowest BCUT2D eigenvalue weighted by atomic mass is 9.55. The minimum absolute atomic E-state index is 0.138. The molecule has 2 aromatic rings. The first-order valence-corrected chi connectivity index (χ1v) is 18.3. The molecule has 0 bridgehead atoms. The Kier molecular flexibility index (Phi) is 9.36. The zero-order valence-corrected chi connectivity index (χ0v) is 29.3. The Hall–Kier alpha value is -4.76. The van der Waals surface area contributed by atoms with Crippen LogP contribution in [0.15, 0.2) is 36.4 Å². The van der Waals surface area contributed by atoms with Gasteiger partial charge in [-0.15, -0.1) is 40.5 Å². The summed E-state index contributed by atoms with van der Waals surface area (Å²) in [6.45, 7) is 4.30. The van der Waals surface area contributed by atoms with Gasteiger partial charge in [-0.1, -0.05) is 26.0 Å². The number of fused-ring (bicyclic) bond motifs is 10. The van der Waals surface area contributed by atoms with Gasteiger partial charge in [-0.05, 0) is 170 Å². The highest BCUT2D eigenvalue weighted by atomic mass is 17.0. The fourth-order valence-electron chi connectivity index (χ4n) is 11.9. The van der Waals surface area contributed by atoms with Gasteiger partial charge in [0.2, 0.25) is 0 Å². The largest absolute Gasteiger partial charge is 0.310 e. The van der Waals surface area contributed by atoms with Gasteiger partial charge in [0.1, 0.15) is 23.7 Å². The summed E-state index contributed by atoms with van der Waals surface area (Å²) in [5.41, 5.74) is 4.51. The summed E-state index contributed by atoms with van der Waals surface area (Å²) in [6.07, 6.45) is 10.3. The van der Waals surface area contributed by atoms with Gasteiger partial charge >= 0.3 is 0 Å². The number of aryl methyl sites for hydroxylation is 2. The molecule has 4 fully saturated rings. The molecule has 2 aromatic carbocycles. The smallest absolute Gasteiger partial charge is 0.299 e. The molecular formula is C36H44N4O12. The Labute approximate surface area is 299 Å². The monoisotopic (exact) mass is 724 g/mol. The highest BCUT2D eigenvalue weighted by molar-refractivity contribution is 5.41. The van der Waals surface area contributed by atoms with E-state index in [9.17, 15) is 40.5 Å². The predicted octanol–water partition coefficient (Wildman–Crippen LogP) is 7.38. The Morgan fingerprint density at radius 1 is 0.558 bits per heavy atom. The van der Waals surface area contributed by atoms with Crippen molar-refractivity contribution >= 4 is 0 Å². The van der Waals surface area contributed by atoms with Crippen molar-refractivity contribution in [1.82, 2.24) is 0 Å². The normalized spacial score (nSPS) is 35.0. The summed E-state index contributed by atoms with van der Waals surface area (Å²) in [7, 11) is 0. The van der Waals surface area contributed by atoms with Crippen LogP contribution in [0.25, 0.3) is 0 Å². The van der Waals surface area contributed by atoms with Crippen molar-refractivity contribution in [2.24, 2.45) is 34.5 Å². The van der Waals surface area contributed by atoms with Gasteiger partial charge in [0.05, 0.1) is 0 Å². The van der Waals surface area contributed by atoms with E-state index in [1.54, 1.807) is 24.3 Å². The molecule has 16 heteroatoms. The third kappa shape index (κ3) is 6.44. The highest BCUT2D eigenvalue weighted by Crippen LogP contribution is 2.63. The molecule has 4 saturated carbocycles. The Balaban J connectivity index is 0.000000162. The highest BCUT2D eigenvalue weighted by Gasteiger charge is 2.57. The van der Waals surface area contributed by atoms with Crippen molar-refractivity contribution < 1.29 is 39.7 Å². The minimum atomic E-state index is -0.784. The first kappa shape index (κ1) is 35.6. The predicted molar refractivity (Wildman–Crippen MR) is 181 cm³/mol. The molecule has 280 valence electrons. The third-order valence-corrected chi connectivity index (χ3v) is 14.0. The molecule has 0 N–H and O–H groups in total. The van der Waals surface area contributed by atoms with E-state index in [2.05, 4.69) is 23.5 Å². The molecule has 0 spiro atoms. The molecular weight excluding hydrogens is 680 g/mol. The number of nitrogens with zero attached hydrogens (tertiary/aromatic N) is 4. The maximum Gasteiger partial charge on any atom is 0.299 e. The Morgan fingerprint density at radius 2 is 0.962 bits per heavy atom. The first-order chi connectivity index (χ1) is 24.8. The number of rotatable bonds is 8. The van der Waals surface area contributed by atoms with E-state index in [1.165, 1.54) is 11.1 Å². The van der Waals surface area contributed by atoms with Gasteiger partial charge in [0, 0.05) is 0 Å². The summed E-state index contributed by atoms with van der Waals surface area (Å²) in [5, 5.41) is 40.0. The van der Waals surface area contributed by atoms with Crippen molar-refractivity contribution in [2.75, 3.05) is 0 Å². The van der Waals surface area contributed by atoms with E-state index >= 15 is 0 Å². The van der Waals surface area contributed by atoms with E-state index < -0.39 is 20.3 Å². The van der Waals surface area contributed by atoms with Crippen LogP contribution in [0.5, 0.6) is 11.5 Å². The molecule has 52 heavy (non-hydrogen) atoms. The van der Waals surface area contributed by atoms with E-state index in [0.717, 1.165) is 88.2 Å². The van der Waals surface area contributed by atoms with Crippen molar-refractivity contribution in [3.05, 3.63) is 99.1 Å². The van der Waals surface area contributed by atoms with Gasteiger partial charge in [0.25, 0.3) is 20.3 Å². The fraction of sp³-hybridized carbons (Fsp3) is 0.667. The molecule has 6 aliphatic rings. The molecule has 0 aliphatic heterocycles. The topological polar surface area (TPSA) is 209 Å². The lowest BCUT2D eigenvalue weighted by Gasteiger charge is -2.50. The van der Waals surface area contributed by atoms with E-state index in [4.69, 9.17) is 9.68 Å². The van der Waals surface area contributed by atoms with Crippen LogP contribution in [0.2, 0.25) is 0 Å². The SMILES string of the molecule is CC12CCC3c4ccc(O[N+](=O)[O-])cc4CCC3C1CCC2O[N+](=O)[O-].CC12CCC3c4ccc(O[N+](=O)[O-])cc4CCC3C1CCC2O[N+](=O)[O-]. The quantitative estimate of drug-likeness (QED) is 0.193. The van der Waals surface area contributed by atoms with Crippen LogP contribution in [-0.4, -0.2) is 32.6 Å². The minimum Gasteiger partial charge on any atom is -0.310 e.